The van der Waals surface area contributed by atoms with Crippen LogP contribution in [-0.2, 0) is 5.41 Å². The second-order valence-corrected chi connectivity index (χ2v) is 5.55. The Labute approximate surface area is 113 Å². The Bertz CT molecular complexity index is 744. The average Bonchev–Trinajstić information content (AvgIpc) is 2.33. The van der Waals surface area contributed by atoms with E-state index in [1.807, 2.05) is 12.1 Å². The van der Waals surface area contributed by atoms with Crippen LogP contribution < -0.4 is 5.73 Å². The Kier molecular flexibility index (Phi) is 2.04. The summed E-state index contributed by atoms with van der Waals surface area (Å²) in [6.45, 7) is 3.95. The maximum absolute atomic E-state index is 7.67. The molecule has 0 spiro atoms. The van der Waals surface area contributed by atoms with E-state index in [-0.39, 0.29) is 11.0 Å². The van der Waals surface area contributed by atoms with Crippen LogP contribution in [0.4, 0.5) is 5.69 Å². The summed E-state index contributed by atoms with van der Waals surface area (Å²) in [5.74, 6) is 2.58. The van der Waals surface area contributed by atoms with Crippen molar-refractivity contribution < 1.29 is 4.11 Å². The van der Waals surface area contributed by atoms with E-state index < -0.39 is 6.85 Å². The lowest BCUT2D eigenvalue weighted by molar-refractivity contribution is 0.596. The van der Waals surface area contributed by atoms with E-state index in [0.717, 1.165) is 16.3 Å². The zero-order valence-corrected chi connectivity index (χ0v) is 11.0. The first-order valence-electron chi connectivity index (χ1n) is 7.39. The van der Waals surface area contributed by atoms with Gasteiger partial charge in [0.05, 0.1) is 0 Å². The van der Waals surface area contributed by atoms with Crippen LogP contribution in [0, 0.1) is 19.2 Å². The van der Waals surface area contributed by atoms with Gasteiger partial charge in [-0.15, -0.1) is 6.42 Å². The highest BCUT2D eigenvalue weighted by Gasteiger charge is 2.19. The van der Waals surface area contributed by atoms with E-state index >= 15 is 0 Å². The maximum atomic E-state index is 7.67. The highest BCUT2D eigenvalue weighted by Crippen LogP contribution is 2.35. The number of benzene rings is 2. The molecule has 0 atom stereocenters. The lowest BCUT2D eigenvalue weighted by atomic mass is 9.81. The van der Waals surface area contributed by atoms with Gasteiger partial charge in [-0.2, -0.15) is 0 Å². The number of hydrogen-bond acceptors (Lipinski definition) is 1. The topological polar surface area (TPSA) is 26.0 Å². The van der Waals surface area contributed by atoms with Crippen molar-refractivity contribution in [2.24, 2.45) is 0 Å². The number of nitrogen functional groups attached to an aromatic ring is 1. The molecule has 92 valence electrons. The van der Waals surface area contributed by atoms with E-state index in [4.69, 9.17) is 16.3 Å². The van der Waals surface area contributed by atoms with Crippen LogP contribution in [0.5, 0.6) is 0 Å². The maximum Gasteiger partial charge on any atom is 0.0353 e. The molecule has 1 heteroatoms. The molecule has 0 aliphatic heterocycles. The normalized spacial score (nSPS) is 14.7. The van der Waals surface area contributed by atoms with Gasteiger partial charge in [0.15, 0.2) is 0 Å². The third-order valence-corrected chi connectivity index (χ3v) is 3.09. The van der Waals surface area contributed by atoms with Crippen molar-refractivity contribution in [3.63, 3.8) is 0 Å². The fourth-order valence-corrected chi connectivity index (χ4v) is 2.23. The van der Waals surface area contributed by atoms with Gasteiger partial charge >= 0.3 is 0 Å². The molecule has 0 saturated carbocycles. The standard InChI is InChI=1S/C17H19N/c1-6-14-11(2)7-8-12-9-13(18)10-15(16(12)14)17(3,4)5/h1,7-10H,18H2,2-5H3/i2D3. The Morgan fingerprint density at radius 1 is 1.28 bits per heavy atom. The van der Waals surface area contributed by atoms with Crippen molar-refractivity contribution >= 4 is 16.5 Å². The molecule has 18 heavy (non-hydrogen) atoms. The molecule has 1 nitrogen and oxygen atoms in total. The average molecular weight is 240 g/mol. The molecule has 2 aromatic rings. The summed E-state index contributed by atoms with van der Waals surface area (Å²) in [6.07, 6.45) is 5.63. The number of aryl methyl sites for hydroxylation is 1. The fraction of sp³-hybridized carbons (Fsp3) is 0.294. The lowest BCUT2D eigenvalue weighted by Gasteiger charge is -2.23. The summed E-state index contributed by atoms with van der Waals surface area (Å²) in [5, 5.41) is 1.69. The quantitative estimate of drug-likeness (QED) is 0.546. The van der Waals surface area contributed by atoms with E-state index in [2.05, 4.69) is 26.7 Å². The highest BCUT2D eigenvalue weighted by atomic mass is 14.5. The predicted molar refractivity (Wildman–Crippen MR) is 79.7 cm³/mol. The third-order valence-electron chi connectivity index (χ3n) is 3.09. The summed E-state index contributed by atoms with van der Waals surface area (Å²) < 4.78 is 23.0. The minimum atomic E-state index is -2.23. The molecule has 0 aliphatic rings. The zero-order valence-electron chi connectivity index (χ0n) is 14.0. The summed E-state index contributed by atoms with van der Waals surface area (Å²) in [5.41, 5.74) is 8.06. The molecule has 0 amide bonds. The van der Waals surface area contributed by atoms with Crippen molar-refractivity contribution in [1.29, 1.82) is 0 Å². The van der Waals surface area contributed by atoms with Gasteiger partial charge in [0, 0.05) is 20.7 Å². The van der Waals surface area contributed by atoms with E-state index in [1.165, 1.54) is 0 Å². The van der Waals surface area contributed by atoms with Gasteiger partial charge in [0.25, 0.3) is 0 Å². The molecule has 2 N–H and O–H groups in total. The summed E-state index contributed by atoms with van der Waals surface area (Å²) in [4.78, 5) is 0. The number of terminal acetylenes is 1. The molecule has 2 rings (SSSR count). The second-order valence-electron chi connectivity index (χ2n) is 5.55. The van der Waals surface area contributed by atoms with Gasteiger partial charge in [-0.1, -0.05) is 38.8 Å². The van der Waals surface area contributed by atoms with Crippen molar-refractivity contribution in [2.75, 3.05) is 5.73 Å². The molecular weight excluding hydrogens is 218 g/mol. The summed E-state index contributed by atoms with van der Waals surface area (Å²) in [6, 6.07) is 7.07. The molecule has 0 saturated heterocycles. The minimum Gasteiger partial charge on any atom is -0.399 e. The molecule has 0 radical (unpaired) electrons. The number of rotatable bonds is 0. The Morgan fingerprint density at radius 3 is 2.56 bits per heavy atom. The zero-order chi connectivity index (χ0) is 16.0. The van der Waals surface area contributed by atoms with Crippen LogP contribution in [0.2, 0.25) is 0 Å². The molecule has 0 unspecified atom stereocenters. The molecule has 0 fully saturated rings. The monoisotopic (exact) mass is 240 g/mol. The van der Waals surface area contributed by atoms with Gasteiger partial charge in [-0.3, -0.25) is 0 Å². The Balaban J connectivity index is 3.02. The van der Waals surface area contributed by atoms with Crippen LogP contribution in [0.15, 0.2) is 24.3 Å². The van der Waals surface area contributed by atoms with Gasteiger partial charge in [-0.05, 0) is 40.9 Å². The minimum absolute atomic E-state index is 0.188. The molecule has 0 aliphatic carbocycles. The fourth-order valence-electron chi connectivity index (χ4n) is 2.23. The smallest absolute Gasteiger partial charge is 0.0353 e. The molecule has 0 bridgehead atoms. The second kappa shape index (κ2) is 4.07. The van der Waals surface area contributed by atoms with Crippen molar-refractivity contribution in [3.05, 3.63) is 41.0 Å². The number of nitrogens with two attached hydrogens (primary N) is 1. The van der Waals surface area contributed by atoms with Crippen LogP contribution >= 0.6 is 0 Å². The first-order valence-corrected chi connectivity index (χ1v) is 5.89. The lowest BCUT2D eigenvalue weighted by Crippen LogP contribution is -2.13. The first-order chi connectivity index (χ1) is 9.55. The van der Waals surface area contributed by atoms with Crippen molar-refractivity contribution in [1.82, 2.24) is 0 Å². The largest absolute Gasteiger partial charge is 0.399 e. The van der Waals surface area contributed by atoms with Crippen molar-refractivity contribution in [3.8, 4) is 12.3 Å². The van der Waals surface area contributed by atoms with Gasteiger partial charge < -0.3 is 5.73 Å². The molecule has 0 heterocycles. The van der Waals surface area contributed by atoms with E-state index in [0.29, 0.717) is 11.3 Å². The number of fused-ring (bicyclic) bond motifs is 1. The number of anilines is 1. The first kappa shape index (κ1) is 9.05. The Morgan fingerprint density at radius 2 is 2.00 bits per heavy atom. The van der Waals surface area contributed by atoms with Gasteiger partial charge in [0.1, 0.15) is 0 Å². The summed E-state index contributed by atoms with van der Waals surface area (Å²) >= 11 is 0. The van der Waals surface area contributed by atoms with Crippen LogP contribution in [-0.4, -0.2) is 0 Å². The SMILES string of the molecule is [2H]C([2H])([2H])c1ccc2cc(N)cc(C(C)(C)C)c2c1C#C. The Hall–Kier alpha value is -1.94. The van der Waals surface area contributed by atoms with Crippen molar-refractivity contribution in [2.45, 2.75) is 33.0 Å². The van der Waals surface area contributed by atoms with Crippen LogP contribution in [0.1, 0.15) is 41.6 Å². The predicted octanol–water partition coefficient (Wildman–Crippen LogP) is 4.01. The molecule has 2 aromatic carbocycles. The molecular formula is C17H19N. The van der Waals surface area contributed by atoms with Crippen LogP contribution in [0.3, 0.4) is 0 Å². The highest BCUT2D eigenvalue weighted by molar-refractivity contribution is 5.95. The third kappa shape index (κ3) is 1.95. The molecule has 0 aromatic heterocycles. The van der Waals surface area contributed by atoms with Gasteiger partial charge in [0.2, 0.25) is 0 Å². The van der Waals surface area contributed by atoms with Gasteiger partial charge in [-0.25, -0.2) is 0 Å². The summed E-state index contributed by atoms with van der Waals surface area (Å²) in [7, 11) is 0. The van der Waals surface area contributed by atoms with E-state index in [1.54, 1.807) is 12.1 Å². The van der Waals surface area contributed by atoms with E-state index in [9.17, 15) is 0 Å². The number of hydrogen-bond donors (Lipinski definition) is 1. The van der Waals surface area contributed by atoms with Crippen LogP contribution in [0.25, 0.3) is 10.8 Å².